The van der Waals surface area contributed by atoms with Crippen LogP contribution in [0.25, 0.3) is 10.9 Å². The maximum absolute atomic E-state index is 10.5. The number of piperazine rings is 1. The Hall–Kier alpha value is -2.41. The van der Waals surface area contributed by atoms with E-state index in [-0.39, 0.29) is 0 Å². The predicted octanol–water partition coefficient (Wildman–Crippen LogP) is 3.30. The van der Waals surface area contributed by atoms with Crippen molar-refractivity contribution in [3.8, 4) is 0 Å². The molecule has 0 unspecified atom stereocenters. The maximum atomic E-state index is 10.5. The zero-order valence-electron chi connectivity index (χ0n) is 16.7. The van der Waals surface area contributed by atoms with Crippen LogP contribution in [0.3, 0.4) is 0 Å². The van der Waals surface area contributed by atoms with E-state index in [2.05, 4.69) is 32.4 Å². The van der Waals surface area contributed by atoms with Crippen LogP contribution in [-0.4, -0.2) is 68.7 Å². The normalized spacial score (nSPS) is 13.9. The molecule has 2 heterocycles. The van der Waals surface area contributed by atoms with Crippen molar-refractivity contribution in [2.24, 2.45) is 0 Å². The van der Waals surface area contributed by atoms with Gasteiger partial charge in [0.1, 0.15) is 6.29 Å². The molecule has 0 aliphatic carbocycles. The molecule has 6 nitrogen and oxygen atoms in total. The number of hydrogen-bond donors (Lipinski definition) is 2. The van der Waals surface area contributed by atoms with Crippen molar-refractivity contribution in [3.63, 3.8) is 0 Å². The number of hydrogen-bond acceptors (Lipinski definition) is 5. The van der Waals surface area contributed by atoms with E-state index in [1.807, 2.05) is 56.6 Å². The van der Waals surface area contributed by atoms with Crippen LogP contribution in [0.15, 0.2) is 48.7 Å². The first-order valence-electron chi connectivity index (χ1n) is 9.23. The number of halogens is 1. The summed E-state index contributed by atoms with van der Waals surface area (Å²) in [6.07, 6.45) is 2.65. The van der Waals surface area contributed by atoms with Crippen molar-refractivity contribution in [1.29, 1.82) is 0 Å². The van der Waals surface area contributed by atoms with E-state index in [4.69, 9.17) is 11.6 Å². The lowest BCUT2D eigenvalue weighted by Gasteiger charge is -2.34. The van der Waals surface area contributed by atoms with Crippen molar-refractivity contribution in [1.82, 2.24) is 20.4 Å². The number of anilines is 1. The lowest BCUT2D eigenvalue weighted by atomic mass is 10.2. The second-order valence-electron chi connectivity index (χ2n) is 6.60. The predicted molar refractivity (Wildman–Crippen MR) is 118 cm³/mol. The number of aldehydes is 1. The van der Waals surface area contributed by atoms with Gasteiger partial charge in [-0.1, -0.05) is 11.6 Å². The van der Waals surface area contributed by atoms with Gasteiger partial charge in [-0.2, -0.15) is 5.10 Å². The molecule has 0 saturated carbocycles. The highest BCUT2D eigenvalue weighted by atomic mass is 35.5. The summed E-state index contributed by atoms with van der Waals surface area (Å²) in [4.78, 5) is 15.2. The number of nitrogens with one attached hydrogen (secondary N) is 2. The Labute approximate surface area is 171 Å². The molecule has 1 aliphatic rings. The average molecular weight is 402 g/mol. The van der Waals surface area contributed by atoms with Gasteiger partial charge in [-0.15, -0.1) is 0 Å². The highest BCUT2D eigenvalue weighted by Crippen LogP contribution is 2.17. The summed E-state index contributed by atoms with van der Waals surface area (Å²) in [7, 11) is 5.90. The van der Waals surface area contributed by atoms with Gasteiger partial charge >= 0.3 is 0 Å². The van der Waals surface area contributed by atoms with E-state index in [0.29, 0.717) is 0 Å². The average Bonchev–Trinajstić information content (AvgIpc) is 3.17. The third-order valence-corrected chi connectivity index (χ3v) is 4.54. The van der Waals surface area contributed by atoms with Crippen LogP contribution < -0.4 is 10.2 Å². The van der Waals surface area contributed by atoms with Gasteiger partial charge in [-0.3, -0.25) is 9.89 Å². The van der Waals surface area contributed by atoms with Crippen molar-refractivity contribution in [2.75, 3.05) is 52.2 Å². The zero-order chi connectivity index (χ0) is 20.4. The largest absolute Gasteiger partial charge is 0.369 e. The van der Waals surface area contributed by atoms with Crippen molar-refractivity contribution in [2.45, 2.75) is 0 Å². The van der Waals surface area contributed by atoms with Crippen LogP contribution in [0.1, 0.15) is 10.4 Å². The van der Waals surface area contributed by atoms with E-state index in [1.165, 1.54) is 5.69 Å². The fraction of sp³-hybridized carbons (Fsp3) is 0.333. The summed E-state index contributed by atoms with van der Waals surface area (Å²) in [5.74, 6) is 0. The van der Waals surface area contributed by atoms with Gasteiger partial charge in [0.25, 0.3) is 0 Å². The minimum Gasteiger partial charge on any atom is -0.369 e. The van der Waals surface area contributed by atoms with E-state index < -0.39 is 0 Å². The van der Waals surface area contributed by atoms with Gasteiger partial charge < -0.3 is 15.1 Å². The number of carbonyl (C=O) groups excluding carboxylic acids is 1. The molecule has 1 aromatic heterocycles. The number of likely N-dealkylation sites (N-methyl/N-ethyl adjacent to an activating group) is 1. The number of benzene rings is 2. The molecular formula is C21H28ClN5O. The molecule has 0 spiro atoms. The molecular weight excluding hydrogens is 374 g/mol. The lowest BCUT2D eigenvalue weighted by Crippen LogP contribution is -2.44. The second kappa shape index (κ2) is 11.4. The molecule has 150 valence electrons. The molecule has 2 N–H and O–H groups in total. The Kier molecular flexibility index (Phi) is 8.94. The van der Waals surface area contributed by atoms with Crippen molar-refractivity contribution >= 4 is 34.5 Å². The lowest BCUT2D eigenvalue weighted by molar-refractivity contribution is 0.112. The van der Waals surface area contributed by atoms with E-state index in [1.54, 1.807) is 6.20 Å². The number of H-pyrrole nitrogens is 1. The molecule has 1 fully saturated rings. The Morgan fingerprint density at radius 3 is 2.32 bits per heavy atom. The minimum absolute atomic E-state index is 0.733. The number of fused-ring (bicyclic) bond motifs is 1. The SMILES string of the molecule is CN1CCN(c2ccc(C=O)cc2)CC1.CNC.Clc1ccc2cn[nH]c2c1. The van der Waals surface area contributed by atoms with Crippen LogP contribution in [0, 0.1) is 0 Å². The van der Waals surface area contributed by atoms with Crippen LogP contribution in [0.2, 0.25) is 5.02 Å². The van der Waals surface area contributed by atoms with Gasteiger partial charge in [-0.25, -0.2) is 0 Å². The fourth-order valence-electron chi connectivity index (χ4n) is 2.74. The summed E-state index contributed by atoms with van der Waals surface area (Å²) < 4.78 is 0. The number of rotatable bonds is 2. The fourth-order valence-corrected chi connectivity index (χ4v) is 2.91. The summed E-state index contributed by atoms with van der Waals surface area (Å²) in [5, 5.41) is 11.3. The second-order valence-corrected chi connectivity index (χ2v) is 7.04. The van der Waals surface area contributed by atoms with Crippen LogP contribution >= 0.6 is 11.6 Å². The quantitative estimate of drug-likeness (QED) is 0.645. The third-order valence-electron chi connectivity index (χ3n) is 4.30. The van der Waals surface area contributed by atoms with Gasteiger partial charge in [0, 0.05) is 47.8 Å². The van der Waals surface area contributed by atoms with E-state index >= 15 is 0 Å². The number of nitrogens with zero attached hydrogens (tertiary/aromatic N) is 3. The summed E-state index contributed by atoms with van der Waals surface area (Å²) in [6.45, 7) is 4.35. The van der Waals surface area contributed by atoms with Gasteiger partial charge in [0.2, 0.25) is 0 Å². The molecule has 1 aliphatic heterocycles. The van der Waals surface area contributed by atoms with E-state index in [0.717, 1.165) is 54.0 Å². The molecule has 0 atom stereocenters. The molecule has 3 aromatic rings. The maximum Gasteiger partial charge on any atom is 0.150 e. The van der Waals surface area contributed by atoms with Crippen molar-refractivity contribution in [3.05, 3.63) is 59.2 Å². The molecule has 0 amide bonds. The molecule has 2 aromatic carbocycles. The van der Waals surface area contributed by atoms with Gasteiger partial charge in [0.15, 0.2) is 0 Å². The monoisotopic (exact) mass is 401 g/mol. The standard InChI is InChI=1S/C12H16N2O.C7H5ClN2.C2H7N/c1-13-6-8-14(9-7-13)12-4-2-11(10-15)3-5-12;8-6-2-1-5-4-9-10-7(5)3-6;1-3-2/h2-5,10H,6-9H2,1H3;1-4H,(H,9,10);3H,1-2H3. The molecule has 0 bridgehead atoms. The van der Waals surface area contributed by atoms with Crippen LogP contribution in [0.5, 0.6) is 0 Å². The van der Waals surface area contributed by atoms with E-state index in [9.17, 15) is 4.79 Å². The molecule has 4 rings (SSSR count). The minimum atomic E-state index is 0.733. The molecule has 28 heavy (non-hydrogen) atoms. The smallest absolute Gasteiger partial charge is 0.150 e. The third kappa shape index (κ3) is 6.64. The molecule has 1 saturated heterocycles. The van der Waals surface area contributed by atoms with Gasteiger partial charge in [-0.05, 0) is 63.6 Å². The van der Waals surface area contributed by atoms with Crippen LogP contribution in [0.4, 0.5) is 5.69 Å². The number of carbonyl (C=O) groups is 1. The molecule has 0 radical (unpaired) electrons. The summed E-state index contributed by atoms with van der Waals surface area (Å²) in [5.41, 5.74) is 2.94. The molecule has 7 heteroatoms. The topological polar surface area (TPSA) is 64.3 Å². The first kappa shape index (κ1) is 21.9. The first-order chi connectivity index (χ1) is 13.6. The Bertz CT molecular complexity index is 841. The van der Waals surface area contributed by atoms with Crippen molar-refractivity contribution < 1.29 is 4.79 Å². The Morgan fingerprint density at radius 2 is 1.71 bits per heavy atom. The number of aromatic amines is 1. The summed E-state index contributed by atoms with van der Waals surface area (Å²) in [6, 6.07) is 13.4. The first-order valence-corrected chi connectivity index (χ1v) is 9.61. The van der Waals surface area contributed by atoms with Crippen LogP contribution in [-0.2, 0) is 0 Å². The summed E-state index contributed by atoms with van der Waals surface area (Å²) >= 11 is 5.73. The highest BCUT2D eigenvalue weighted by molar-refractivity contribution is 6.31. The highest BCUT2D eigenvalue weighted by Gasteiger charge is 2.13. The zero-order valence-corrected chi connectivity index (χ0v) is 17.4. The Balaban J connectivity index is 0.000000186. The van der Waals surface area contributed by atoms with Gasteiger partial charge in [0.05, 0.1) is 11.7 Å². The number of aromatic nitrogens is 2. The Morgan fingerprint density at radius 1 is 1.07 bits per heavy atom.